The molecule has 2 heterocycles. The van der Waals surface area contributed by atoms with Crippen molar-refractivity contribution >= 4 is 11.6 Å². The Hall–Kier alpha value is -1.39. The molecule has 0 saturated heterocycles. The number of halogens is 1. The van der Waals surface area contributed by atoms with Gasteiger partial charge < -0.3 is 5.32 Å². The number of rotatable bonds is 4. The minimum atomic E-state index is 0.626. The Balaban J connectivity index is 2.37. The van der Waals surface area contributed by atoms with Crippen LogP contribution in [0.15, 0.2) is 12.3 Å². The number of pyridine rings is 1. The standard InChI is InChI=1S/C14H19ClN4/c1-5-16-7-12-6-13(15)14(17-8-12)19-11(4)9(2)10(3)18-19/h6,8,16H,5,7H2,1-4H3. The Kier molecular flexibility index (Phi) is 4.22. The first-order valence-electron chi connectivity index (χ1n) is 6.43. The summed E-state index contributed by atoms with van der Waals surface area (Å²) >= 11 is 6.33. The number of nitrogens with zero attached hydrogens (tertiary/aromatic N) is 3. The molecule has 0 aliphatic carbocycles. The summed E-state index contributed by atoms with van der Waals surface area (Å²) in [6.45, 7) is 9.85. The Morgan fingerprint density at radius 1 is 1.32 bits per heavy atom. The normalized spacial score (nSPS) is 11.0. The summed E-state index contributed by atoms with van der Waals surface area (Å²) in [5.41, 5.74) is 4.34. The molecule has 0 fully saturated rings. The van der Waals surface area contributed by atoms with Crippen molar-refractivity contribution in [1.82, 2.24) is 20.1 Å². The molecule has 0 amide bonds. The Morgan fingerprint density at radius 3 is 2.58 bits per heavy atom. The first kappa shape index (κ1) is 14.0. The fourth-order valence-corrected chi connectivity index (χ4v) is 2.19. The molecule has 0 bridgehead atoms. The molecule has 0 aliphatic heterocycles. The third kappa shape index (κ3) is 2.80. The summed E-state index contributed by atoms with van der Waals surface area (Å²) in [5.74, 6) is 0.690. The highest BCUT2D eigenvalue weighted by molar-refractivity contribution is 6.32. The summed E-state index contributed by atoms with van der Waals surface area (Å²) in [7, 11) is 0. The van der Waals surface area contributed by atoms with Gasteiger partial charge in [0.2, 0.25) is 0 Å². The monoisotopic (exact) mass is 278 g/mol. The van der Waals surface area contributed by atoms with Crippen LogP contribution >= 0.6 is 11.6 Å². The van der Waals surface area contributed by atoms with Gasteiger partial charge in [0.15, 0.2) is 5.82 Å². The number of nitrogens with one attached hydrogen (secondary N) is 1. The van der Waals surface area contributed by atoms with Gasteiger partial charge in [-0.15, -0.1) is 0 Å². The molecule has 0 aromatic carbocycles. The maximum Gasteiger partial charge on any atom is 0.172 e. The summed E-state index contributed by atoms with van der Waals surface area (Å²) in [6.07, 6.45) is 1.84. The van der Waals surface area contributed by atoms with Crippen molar-refractivity contribution in [2.75, 3.05) is 6.54 Å². The molecule has 102 valence electrons. The molecule has 2 aromatic rings. The van der Waals surface area contributed by atoms with Gasteiger partial charge in [-0.2, -0.15) is 5.10 Å². The van der Waals surface area contributed by atoms with Crippen LogP contribution in [0.25, 0.3) is 5.82 Å². The minimum Gasteiger partial charge on any atom is -0.313 e. The fraction of sp³-hybridized carbons (Fsp3) is 0.429. The van der Waals surface area contributed by atoms with Crippen LogP contribution in [0.2, 0.25) is 5.02 Å². The van der Waals surface area contributed by atoms with E-state index in [4.69, 9.17) is 11.6 Å². The third-order valence-corrected chi connectivity index (χ3v) is 3.59. The van der Waals surface area contributed by atoms with Crippen LogP contribution < -0.4 is 5.32 Å². The van der Waals surface area contributed by atoms with Gasteiger partial charge in [0.05, 0.1) is 10.7 Å². The van der Waals surface area contributed by atoms with E-state index in [0.29, 0.717) is 10.8 Å². The van der Waals surface area contributed by atoms with Gasteiger partial charge in [-0.25, -0.2) is 9.67 Å². The lowest BCUT2D eigenvalue weighted by Gasteiger charge is -2.08. The fourth-order valence-electron chi connectivity index (χ4n) is 1.92. The average molecular weight is 279 g/mol. The second-order valence-electron chi connectivity index (χ2n) is 4.64. The van der Waals surface area contributed by atoms with Crippen molar-refractivity contribution < 1.29 is 0 Å². The van der Waals surface area contributed by atoms with Gasteiger partial charge in [0, 0.05) is 18.4 Å². The summed E-state index contributed by atoms with van der Waals surface area (Å²) < 4.78 is 1.81. The van der Waals surface area contributed by atoms with Gasteiger partial charge in [-0.05, 0) is 44.5 Å². The molecule has 2 aromatic heterocycles. The second-order valence-corrected chi connectivity index (χ2v) is 5.04. The van der Waals surface area contributed by atoms with Crippen LogP contribution in [-0.2, 0) is 6.54 Å². The molecule has 2 rings (SSSR count). The van der Waals surface area contributed by atoms with E-state index in [-0.39, 0.29) is 0 Å². The molecule has 0 atom stereocenters. The lowest BCUT2D eigenvalue weighted by Crippen LogP contribution is -2.12. The molecular formula is C14H19ClN4. The van der Waals surface area contributed by atoms with Crippen LogP contribution in [0.5, 0.6) is 0 Å². The highest BCUT2D eigenvalue weighted by Gasteiger charge is 2.13. The van der Waals surface area contributed by atoms with Crippen molar-refractivity contribution in [3.05, 3.63) is 39.8 Å². The van der Waals surface area contributed by atoms with E-state index >= 15 is 0 Å². The molecule has 0 aliphatic rings. The van der Waals surface area contributed by atoms with Crippen molar-refractivity contribution in [3.63, 3.8) is 0 Å². The lowest BCUT2D eigenvalue weighted by molar-refractivity contribution is 0.721. The van der Waals surface area contributed by atoms with Crippen molar-refractivity contribution in [3.8, 4) is 5.82 Å². The van der Waals surface area contributed by atoms with Gasteiger partial charge in [0.25, 0.3) is 0 Å². The SMILES string of the molecule is CCNCc1cnc(-n2nc(C)c(C)c2C)c(Cl)c1. The largest absolute Gasteiger partial charge is 0.313 e. The predicted octanol–water partition coefficient (Wildman–Crippen LogP) is 2.96. The van der Waals surface area contributed by atoms with E-state index in [1.54, 1.807) is 0 Å². The molecule has 19 heavy (non-hydrogen) atoms. The smallest absolute Gasteiger partial charge is 0.172 e. The third-order valence-electron chi connectivity index (χ3n) is 3.31. The Morgan fingerprint density at radius 2 is 2.05 bits per heavy atom. The van der Waals surface area contributed by atoms with Crippen LogP contribution in [0.4, 0.5) is 0 Å². The van der Waals surface area contributed by atoms with Crippen molar-refractivity contribution in [2.45, 2.75) is 34.2 Å². The minimum absolute atomic E-state index is 0.626. The zero-order valence-corrected chi connectivity index (χ0v) is 12.5. The first-order chi connectivity index (χ1) is 9.04. The van der Waals surface area contributed by atoms with E-state index < -0.39 is 0 Å². The number of aromatic nitrogens is 3. The quantitative estimate of drug-likeness (QED) is 0.935. The van der Waals surface area contributed by atoms with Gasteiger partial charge in [-0.1, -0.05) is 18.5 Å². The first-order valence-corrected chi connectivity index (χ1v) is 6.80. The number of aryl methyl sites for hydroxylation is 1. The van der Waals surface area contributed by atoms with E-state index in [2.05, 4.69) is 29.2 Å². The highest BCUT2D eigenvalue weighted by Crippen LogP contribution is 2.22. The van der Waals surface area contributed by atoms with E-state index in [9.17, 15) is 0 Å². The second kappa shape index (κ2) is 5.72. The number of hydrogen-bond acceptors (Lipinski definition) is 3. The van der Waals surface area contributed by atoms with Crippen LogP contribution in [0, 0.1) is 20.8 Å². The summed E-state index contributed by atoms with van der Waals surface area (Å²) in [4.78, 5) is 4.45. The summed E-state index contributed by atoms with van der Waals surface area (Å²) in [6, 6.07) is 1.94. The van der Waals surface area contributed by atoms with Gasteiger partial charge in [-0.3, -0.25) is 0 Å². The average Bonchev–Trinajstić information content (AvgIpc) is 2.64. The Labute approximate surface area is 118 Å². The molecule has 0 radical (unpaired) electrons. The molecule has 0 unspecified atom stereocenters. The molecule has 0 saturated carbocycles. The zero-order valence-electron chi connectivity index (χ0n) is 11.8. The maximum absolute atomic E-state index is 6.33. The predicted molar refractivity (Wildman–Crippen MR) is 78.0 cm³/mol. The van der Waals surface area contributed by atoms with E-state index in [1.807, 2.05) is 30.8 Å². The highest BCUT2D eigenvalue weighted by atomic mass is 35.5. The van der Waals surface area contributed by atoms with Crippen LogP contribution in [0.1, 0.15) is 29.4 Å². The number of hydrogen-bond donors (Lipinski definition) is 1. The zero-order chi connectivity index (χ0) is 14.0. The Bertz CT molecular complexity index is 589. The summed E-state index contributed by atoms with van der Waals surface area (Å²) in [5, 5.41) is 8.37. The van der Waals surface area contributed by atoms with E-state index in [1.165, 1.54) is 5.56 Å². The van der Waals surface area contributed by atoms with Crippen molar-refractivity contribution in [1.29, 1.82) is 0 Å². The maximum atomic E-state index is 6.33. The van der Waals surface area contributed by atoms with Crippen molar-refractivity contribution in [2.24, 2.45) is 0 Å². The topological polar surface area (TPSA) is 42.7 Å². The van der Waals surface area contributed by atoms with Gasteiger partial charge >= 0.3 is 0 Å². The molecule has 1 N–H and O–H groups in total. The molecule has 5 heteroatoms. The molecular weight excluding hydrogens is 260 g/mol. The van der Waals surface area contributed by atoms with Gasteiger partial charge in [0.1, 0.15) is 0 Å². The molecule has 4 nitrogen and oxygen atoms in total. The van der Waals surface area contributed by atoms with Crippen LogP contribution in [0.3, 0.4) is 0 Å². The lowest BCUT2D eigenvalue weighted by atomic mass is 10.2. The van der Waals surface area contributed by atoms with Crippen LogP contribution in [-0.4, -0.2) is 21.3 Å². The molecule has 0 spiro atoms. The van der Waals surface area contributed by atoms with E-state index in [0.717, 1.165) is 30.0 Å².